The molecule has 0 heterocycles. The Morgan fingerprint density at radius 3 is 2.14 bits per heavy atom. The van der Waals surface area contributed by atoms with Crippen molar-refractivity contribution in [3.05, 3.63) is 94.8 Å². The molecule has 0 spiro atoms. The van der Waals surface area contributed by atoms with Crippen molar-refractivity contribution in [3.8, 4) is 0 Å². The van der Waals surface area contributed by atoms with Crippen LogP contribution in [0.2, 0.25) is 5.02 Å². The molecule has 0 radical (unpaired) electrons. The Balaban J connectivity index is 1.69. The first-order valence-corrected chi connectivity index (χ1v) is 10.5. The van der Waals surface area contributed by atoms with Gasteiger partial charge in [0, 0.05) is 24.2 Å². The molecule has 3 aromatic carbocycles. The second-order valence-corrected chi connectivity index (χ2v) is 8.69. The number of sulfonamides is 1. The maximum absolute atomic E-state index is 12.9. The van der Waals surface area contributed by atoms with E-state index >= 15 is 0 Å². The molecule has 0 unspecified atom stereocenters. The van der Waals surface area contributed by atoms with Crippen molar-refractivity contribution in [1.82, 2.24) is 5.32 Å². The Morgan fingerprint density at radius 1 is 0.966 bits per heavy atom. The Labute approximate surface area is 173 Å². The summed E-state index contributed by atoms with van der Waals surface area (Å²) in [5, 5.41) is 3.19. The molecule has 0 fully saturated rings. The highest BCUT2D eigenvalue weighted by atomic mass is 35.5. The highest BCUT2D eigenvalue weighted by molar-refractivity contribution is 7.92. The molecule has 0 saturated heterocycles. The number of halogens is 2. The van der Waals surface area contributed by atoms with E-state index in [9.17, 15) is 17.6 Å². The number of hydrogen-bond acceptors (Lipinski definition) is 3. The second-order valence-electron chi connectivity index (χ2n) is 6.28. The number of nitrogens with one attached hydrogen (secondary N) is 1. The number of rotatable bonds is 6. The average molecular weight is 433 g/mol. The van der Waals surface area contributed by atoms with Crippen LogP contribution < -0.4 is 9.62 Å². The van der Waals surface area contributed by atoms with Crippen molar-refractivity contribution in [2.75, 3.05) is 11.4 Å². The first-order valence-electron chi connectivity index (χ1n) is 8.64. The van der Waals surface area contributed by atoms with Crippen LogP contribution in [0.5, 0.6) is 0 Å². The number of nitrogens with zero attached hydrogens (tertiary/aromatic N) is 1. The fourth-order valence-corrected chi connectivity index (χ4v) is 3.93. The summed E-state index contributed by atoms with van der Waals surface area (Å²) in [6.07, 6.45) is 0. The van der Waals surface area contributed by atoms with Gasteiger partial charge >= 0.3 is 0 Å². The second kappa shape index (κ2) is 8.63. The standard InChI is InChI=1S/C21H18ClFN2O3S/c1-25(29(27,28)20-12-6-17(22)7-13-20)19-10-4-16(5-11-19)21(26)24-14-15-2-8-18(23)9-3-15/h2-13H,14H2,1H3,(H,24,26). The molecular formula is C21H18ClFN2O3S. The molecule has 5 nitrogen and oxygen atoms in total. The molecule has 0 saturated carbocycles. The normalized spacial score (nSPS) is 11.1. The summed E-state index contributed by atoms with van der Waals surface area (Å²) in [5.41, 5.74) is 1.56. The van der Waals surface area contributed by atoms with Crippen LogP contribution >= 0.6 is 11.6 Å². The van der Waals surface area contributed by atoms with Gasteiger partial charge in [0.25, 0.3) is 15.9 Å². The van der Waals surface area contributed by atoms with Gasteiger partial charge < -0.3 is 5.32 Å². The fraction of sp³-hybridized carbons (Fsp3) is 0.0952. The van der Waals surface area contributed by atoms with Crippen LogP contribution in [0.25, 0.3) is 0 Å². The zero-order chi connectivity index (χ0) is 21.0. The summed E-state index contributed by atoms with van der Waals surface area (Å²) in [6, 6.07) is 17.9. The molecule has 3 aromatic rings. The van der Waals surface area contributed by atoms with E-state index in [1.54, 1.807) is 36.4 Å². The fourth-order valence-electron chi connectivity index (χ4n) is 2.61. The first kappa shape index (κ1) is 20.8. The van der Waals surface area contributed by atoms with Crippen molar-refractivity contribution in [2.45, 2.75) is 11.4 Å². The third-order valence-corrected chi connectivity index (χ3v) is 6.38. The minimum Gasteiger partial charge on any atom is -0.348 e. The van der Waals surface area contributed by atoms with Gasteiger partial charge in [-0.05, 0) is 66.2 Å². The molecule has 8 heteroatoms. The first-order chi connectivity index (χ1) is 13.8. The molecule has 150 valence electrons. The van der Waals surface area contributed by atoms with Crippen molar-refractivity contribution < 1.29 is 17.6 Å². The zero-order valence-electron chi connectivity index (χ0n) is 15.5. The lowest BCUT2D eigenvalue weighted by molar-refractivity contribution is 0.0951. The molecule has 1 amide bonds. The Hall–Kier alpha value is -2.90. The van der Waals surface area contributed by atoms with Gasteiger partial charge in [0.05, 0.1) is 10.6 Å². The molecule has 0 aromatic heterocycles. The van der Waals surface area contributed by atoms with Crippen molar-refractivity contribution >= 4 is 33.2 Å². The predicted molar refractivity (Wildman–Crippen MR) is 111 cm³/mol. The average Bonchev–Trinajstić information content (AvgIpc) is 2.73. The number of carbonyl (C=O) groups excluding carboxylic acids is 1. The molecule has 0 aliphatic rings. The van der Waals surface area contributed by atoms with Crippen LogP contribution in [0.3, 0.4) is 0 Å². The van der Waals surface area contributed by atoms with E-state index < -0.39 is 10.0 Å². The van der Waals surface area contributed by atoms with E-state index in [0.717, 1.165) is 9.87 Å². The summed E-state index contributed by atoms with van der Waals surface area (Å²) in [5.74, 6) is -0.655. The van der Waals surface area contributed by atoms with E-state index in [-0.39, 0.29) is 23.2 Å². The Bertz CT molecular complexity index is 1100. The number of anilines is 1. The van der Waals surface area contributed by atoms with E-state index in [1.165, 1.54) is 43.4 Å². The van der Waals surface area contributed by atoms with Crippen LogP contribution in [-0.2, 0) is 16.6 Å². The van der Waals surface area contributed by atoms with E-state index in [4.69, 9.17) is 11.6 Å². The number of benzene rings is 3. The SMILES string of the molecule is CN(c1ccc(C(=O)NCc2ccc(F)cc2)cc1)S(=O)(=O)c1ccc(Cl)cc1. The molecule has 1 N–H and O–H groups in total. The zero-order valence-corrected chi connectivity index (χ0v) is 17.0. The Kier molecular flexibility index (Phi) is 6.20. The van der Waals surface area contributed by atoms with Gasteiger partial charge in [0.2, 0.25) is 0 Å². The highest BCUT2D eigenvalue weighted by Gasteiger charge is 2.21. The highest BCUT2D eigenvalue weighted by Crippen LogP contribution is 2.23. The van der Waals surface area contributed by atoms with E-state index in [1.807, 2.05) is 0 Å². The maximum atomic E-state index is 12.9. The van der Waals surface area contributed by atoms with Gasteiger partial charge in [-0.1, -0.05) is 23.7 Å². The number of carbonyl (C=O) groups is 1. The predicted octanol–water partition coefficient (Wildman–Crippen LogP) is 4.23. The quantitative estimate of drug-likeness (QED) is 0.633. The molecule has 29 heavy (non-hydrogen) atoms. The molecular weight excluding hydrogens is 415 g/mol. The number of hydrogen-bond donors (Lipinski definition) is 1. The summed E-state index contributed by atoms with van der Waals surface area (Å²) in [4.78, 5) is 12.4. The summed E-state index contributed by atoms with van der Waals surface area (Å²) >= 11 is 5.81. The molecule has 0 bridgehead atoms. The van der Waals surface area contributed by atoms with Crippen molar-refractivity contribution in [1.29, 1.82) is 0 Å². The van der Waals surface area contributed by atoms with Gasteiger partial charge in [-0.3, -0.25) is 9.10 Å². The maximum Gasteiger partial charge on any atom is 0.264 e. The summed E-state index contributed by atoms with van der Waals surface area (Å²) < 4.78 is 39.5. The lowest BCUT2D eigenvalue weighted by Crippen LogP contribution is -2.27. The van der Waals surface area contributed by atoms with Crippen LogP contribution in [-0.4, -0.2) is 21.4 Å². The largest absolute Gasteiger partial charge is 0.348 e. The lowest BCUT2D eigenvalue weighted by Gasteiger charge is -2.19. The van der Waals surface area contributed by atoms with Gasteiger partial charge in [-0.25, -0.2) is 12.8 Å². The molecule has 0 atom stereocenters. The molecule has 0 aliphatic carbocycles. The van der Waals surface area contributed by atoms with Gasteiger partial charge in [0.15, 0.2) is 0 Å². The van der Waals surface area contributed by atoms with E-state index in [0.29, 0.717) is 16.3 Å². The number of amides is 1. The van der Waals surface area contributed by atoms with E-state index in [2.05, 4.69) is 5.32 Å². The topological polar surface area (TPSA) is 66.5 Å². The molecule has 0 aliphatic heterocycles. The minimum atomic E-state index is -3.75. The molecule has 3 rings (SSSR count). The van der Waals surface area contributed by atoms with Gasteiger partial charge in [-0.2, -0.15) is 0 Å². The summed E-state index contributed by atoms with van der Waals surface area (Å²) in [7, 11) is -2.31. The van der Waals surface area contributed by atoms with Crippen LogP contribution in [0, 0.1) is 5.82 Å². The lowest BCUT2D eigenvalue weighted by atomic mass is 10.1. The van der Waals surface area contributed by atoms with Crippen LogP contribution in [0.1, 0.15) is 15.9 Å². The van der Waals surface area contributed by atoms with Gasteiger partial charge in [0.1, 0.15) is 5.82 Å². The summed E-state index contributed by atoms with van der Waals surface area (Å²) in [6.45, 7) is 0.256. The van der Waals surface area contributed by atoms with Crippen molar-refractivity contribution in [3.63, 3.8) is 0 Å². The monoisotopic (exact) mass is 432 g/mol. The third kappa shape index (κ3) is 4.93. The van der Waals surface area contributed by atoms with Crippen molar-refractivity contribution in [2.24, 2.45) is 0 Å². The smallest absolute Gasteiger partial charge is 0.264 e. The third-order valence-electron chi connectivity index (χ3n) is 4.33. The van der Waals surface area contributed by atoms with Crippen LogP contribution in [0.15, 0.2) is 77.7 Å². The van der Waals surface area contributed by atoms with Gasteiger partial charge in [-0.15, -0.1) is 0 Å². The minimum absolute atomic E-state index is 0.116. The van der Waals surface area contributed by atoms with Crippen LogP contribution in [0.4, 0.5) is 10.1 Å². The Morgan fingerprint density at radius 2 is 1.55 bits per heavy atom.